The Kier molecular flexibility index (Phi) is 3.17. The normalized spacial score (nSPS) is 11.6. The summed E-state index contributed by atoms with van der Waals surface area (Å²) in [6.45, 7) is 5.02. The molecule has 0 amide bonds. The van der Waals surface area contributed by atoms with Crippen LogP contribution < -0.4 is 5.32 Å². The van der Waals surface area contributed by atoms with Gasteiger partial charge in [0.1, 0.15) is 0 Å². The van der Waals surface area contributed by atoms with E-state index >= 15 is 0 Å². The van der Waals surface area contributed by atoms with Gasteiger partial charge in [0, 0.05) is 18.0 Å². The second kappa shape index (κ2) is 4.44. The van der Waals surface area contributed by atoms with Crippen LogP contribution in [0.1, 0.15) is 25.5 Å². The Morgan fingerprint density at radius 3 is 2.81 bits per heavy atom. The lowest BCUT2D eigenvalue weighted by atomic mass is 10.1. The van der Waals surface area contributed by atoms with Crippen LogP contribution in [0.4, 0.5) is 0 Å². The molecule has 1 N–H and O–H groups in total. The molecule has 4 heteroatoms. The van der Waals surface area contributed by atoms with Gasteiger partial charge in [0.2, 0.25) is 0 Å². The van der Waals surface area contributed by atoms with E-state index in [-0.39, 0.29) is 0 Å². The maximum Gasteiger partial charge on any atom is 0.159 e. The van der Waals surface area contributed by atoms with Gasteiger partial charge in [-0.05, 0) is 32.5 Å². The number of halogens is 1. The number of benzene rings is 1. The Balaban J connectivity index is 2.69. The molecule has 2 rings (SSSR count). The highest BCUT2D eigenvalue weighted by atomic mass is 35.5. The molecule has 0 radical (unpaired) electrons. The van der Waals surface area contributed by atoms with Gasteiger partial charge < -0.3 is 5.32 Å². The zero-order valence-electron chi connectivity index (χ0n) is 9.79. The first-order chi connectivity index (χ1) is 7.65. The van der Waals surface area contributed by atoms with E-state index in [1.165, 1.54) is 5.56 Å². The largest absolute Gasteiger partial charge is 0.316 e. The Morgan fingerprint density at radius 1 is 1.44 bits per heavy atom. The minimum atomic E-state index is 0.319. The molecule has 0 aliphatic heterocycles. The van der Waals surface area contributed by atoms with E-state index in [1.807, 2.05) is 17.8 Å². The first-order valence-electron chi connectivity index (χ1n) is 5.45. The highest BCUT2D eigenvalue weighted by Gasteiger charge is 2.13. The molecule has 0 aliphatic rings. The van der Waals surface area contributed by atoms with Gasteiger partial charge in [0.15, 0.2) is 5.15 Å². The molecule has 16 heavy (non-hydrogen) atoms. The summed E-state index contributed by atoms with van der Waals surface area (Å²) in [4.78, 5) is 0. The van der Waals surface area contributed by atoms with Gasteiger partial charge in [-0.2, -0.15) is 5.10 Å². The average molecular weight is 238 g/mol. The van der Waals surface area contributed by atoms with E-state index in [9.17, 15) is 0 Å². The van der Waals surface area contributed by atoms with E-state index in [2.05, 4.69) is 36.4 Å². The van der Waals surface area contributed by atoms with E-state index in [1.54, 1.807) is 0 Å². The number of hydrogen-bond acceptors (Lipinski definition) is 2. The third-order valence-electron chi connectivity index (χ3n) is 2.63. The van der Waals surface area contributed by atoms with E-state index in [0.29, 0.717) is 11.2 Å². The fourth-order valence-corrected chi connectivity index (χ4v) is 2.25. The minimum Gasteiger partial charge on any atom is -0.316 e. The van der Waals surface area contributed by atoms with Crippen LogP contribution in [0.2, 0.25) is 5.15 Å². The average Bonchev–Trinajstić information content (AvgIpc) is 2.58. The van der Waals surface area contributed by atoms with Gasteiger partial charge in [-0.3, -0.25) is 4.68 Å². The molecule has 2 aromatic rings. The van der Waals surface area contributed by atoms with Gasteiger partial charge >= 0.3 is 0 Å². The molecule has 0 fully saturated rings. The molecular weight excluding hydrogens is 222 g/mol. The number of rotatable bonds is 3. The maximum atomic E-state index is 6.20. The molecule has 0 atom stereocenters. The zero-order chi connectivity index (χ0) is 11.7. The van der Waals surface area contributed by atoms with E-state index in [4.69, 9.17) is 11.6 Å². The quantitative estimate of drug-likeness (QED) is 0.890. The smallest absolute Gasteiger partial charge is 0.159 e. The molecule has 86 valence electrons. The van der Waals surface area contributed by atoms with Gasteiger partial charge in [0.05, 0.1) is 5.52 Å². The molecule has 0 unspecified atom stereocenters. The van der Waals surface area contributed by atoms with Crippen molar-refractivity contribution in [2.75, 3.05) is 7.05 Å². The van der Waals surface area contributed by atoms with Crippen LogP contribution in [0.25, 0.3) is 10.9 Å². The van der Waals surface area contributed by atoms with E-state index < -0.39 is 0 Å². The van der Waals surface area contributed by atoms with Crippen molar-refractivity contribution in [3.8, 4) is 0 Å². The summed E-state index contributed by atoms with van der Waals surface area (Å²) in [6.07, 6.45) is 0. The molecule has 0 bridgehead atoms. The molecule has 0 aliphatic carbocycles. The van der Waals surface area contributed by atoms with Crippen molar-refractivity contribution in [2.45, 2.75) is 26.4 Å². The van der Waals surface area contributed by atoms with Crippen LogP contribution in [-0.4, -0.2) is 16.8 Å². The third-order valence-corrected chi connectivity index (χ3v) is 2.90. The van der Waals surface area contributed by atoms with Crippen molar-refractivity contribution in [3.05, 3.63) is 28.9 Å². The molecule has 1 heterocycles. The summed E-state index contributed by atoms with van der Waals surface area (Å²) in [5, 5.41) is 9.19. The molecule has 0 saturated heterocycles. The van der Waals surface area contributed by atoms with Crippen LogP contribution >= 0.6 is 11.6 Å². The predicted molar refractivity (Wildman–Crippen MR) is 67.9 cm³/mol. The highest BCUT2D eigenvalue weighted by molar-refractivity contribution is 6.34. The van der Waals surface area contributed by atoms with Crippen LogP contribution in [0, 0.1) is 0 Å². The van der Waals surface area contributed by atoms with Gasteiger partial charge in [0.25, 0.3) is 0 Å². The summed E-state index contributed by atoms with van der Waals surface area (Å²) >= 11 is 6.20. The van der Waals surface area contributed by atoms with Crippen molar-refractivity contribution in [1.82, 2.24) is 15.1 Å². The van der Waals surface area contributed by atoms with Crippen LogP contribution in [0.3, 0.4) is 0 Å². The first-order valence-corrected chi connectivity index (χ1v) is 5.83. The van der Waals surface area contributed by atoms with Crippen molar-refractivity contribution in [1.29, 1.82) is 0 Å². The molecule has 3 nitrogen and oxygen atoms in total. The number of nitrogens with zero attached hydrogens (tertiary/aromatic N) is 2. The number of aromatic nitrogens is 2. The molecular formula is C12H16ClN3. The molecule has 0 spiro atoms. The Morgan fingerprint density at radius 2 is 2.19 bits per heavy atom. The second-order valence-corrected chi connectivity index (χ2v) is 4.53. The van der Waals surface area contributed by atoms with Gasteiger partial charge in [-0.1, -0.05) is 23.7 Å². The fraction of sp³-hybridized carbons (Fsp3) is 0.417. The summed E-state index contributed by atoms with van der Waals surface area (Å²) in [5.41, 5.74) is 2.30. The van der Waals surface area contributed by atoms with Gasteiger partial charge in [-0.25, -0.2) is 0 Å². The van der Waals surface area contributed by atoms with Crippen molar-refractivity contribution in [2.24, 2.45) is 0 Å². The number of nitrogens with one attached hydrogen (secondary N) is 1. The maximum absolute atomic E-state index is 6.20. The Hall–Kier alpha value is -1.06. The van der Waals surface area contributed by atoms with Crippen molar-refractivity contribution in [3.63, 3.8) is 0 Å². The van der Waals surface area contributed by atoms with Crippen LogP contribution in [-0.2, 0) is 6.54 Å². The lowest BCUT2D eigenvalue weighted by Crippen LogP contribution is -2.05. The molecule has 0 saturated carbocycles. The van der Waals surface area contributed by atoms with Crippen LogP contribution in [0.15, 0.2) is 18.2 Å². The van der Waals surface area contributed by atoms with E-state index in [0.717, 1.165) is 17.4 Å². The second-order valence-electron chi connectivity index (χ2n) is 4.17. The molecule has 1 aromatic heterocycles. The zero-order valence-corrected chi connectivity index (χ0v) is 10.5. The number of hydrogen-bond donors (Lipinski definition) is 1. The summed E-state index contributed by atoms with van der Waals surface area (Å²) in [5.74, 6) is 0. The Labute approximate surface area is 100 Å². The summed E-state index contributed by atoms with van der Waals surface area (Å²) in [7, 11) is 1.93. The standard InChI is InChI=1S/C12H16ClN3/c1-8(2)16-10-6-4-5-9(7-14-3)11(10)12(13)15-16/h4-6,8,14H,7H2,1-3H3. The summed E-state index contributed by atoms with van der Waals surface area (Å²) < 4.78 is 1.97. The topological polar surface area (TPSA) is 29.9 Å². The third kappa shape index (κ3) is 1.81. The highest BCUT2D eigenvalue weighted by Crippen LogP contribution is 2.28. The SMILES string of the molecule is CNCc1cccc2c1c(Cl)nn2C(C)C. The van der Waals surface area contributed by atoms with Crippen molar-refractivity contribution < 1.29 is 0 Å². The van der Waals surface area contributed by atoms with Crippen molar-refractivity contribution >= 4 is 22.5 Å². The summed E-state index contributed by atoms with van der Waals surface area (Å²) in [6, 6.07) is 6.51. The monoisotopic (exact) mass is 237 g/mol. The number of fused-ring (bicyclic) bond motifs is 1. The lowest BCUT2D eigenvalue weighted by Gasteiger charge is -2.07. The molecule has 1 aromatic carbocycles. The predicted octanol–water partition coefficient (Wildman–Crippen LogP) is 2.99. The Bertz CT molecular complexity index is 502. The van der Waals surface area contributed by atoms with Gasteiger partial charge in [-0.15, -0.1) is 0 Å². The first kappa shape index (κ1) is 11.4. The fourth-order valence-electron chi connectivity index (χ4n) is 1.95. The lowest BCUT2D eigenvalue weighted by molar-refractivity contribution is 0.551. The minimum absolute atomic E-state index is 0.319. The van der Waals surface area contributed by atoms with Crippen LogP contribution in [0.5, 0.6) is 0 Å².